The van der Waals surface area contributed by atoms with E-state index in [9.17, 15) is 26.7 Å². The number of alkyl halides is 3. The minimum Gasteiger partial charge on any atom is -0.450 e. The van der Waals surface area contributed by atoms with Crippen molar-refractivity contribution in [1.29, 1.82) is 0 Å². The Hall–Kier alpha value is -3.10. The summed E-state index contributed by atoms with van der Waals surface area (Å²) in [5.74, 6) is -3.53. The molecule has 14 heteroatoms. The second-order valence-corrected chi connectivity index (χ2v) is 10.6. The van der Waals surface area contributed by atoms with E-state index < -0.39 is 46.3 Å². The molecule has 3 aromatic rings. The molecule has 2 atom stereocenters. The van der Waals surface area contributed by atoms with Crippen molar-refractivity contribution in [3.63, 3.8) is 0 Å². The minimum absolute atomic E-state index is 0.123. The summed E-state index contributed by atoms with van der Waals surface area (Å²) < 4.78 is 89.2. The molecule has 0 saturated carbocycles. The Morgan fingerprint density at radius 2 is 2.00 bits per heavy atom. The molecule has 0 unspecified atom stereocenters. The summed E-state index contributed by atoms with van der Waals surface area (Å²) >= 11 is 1.59. The molecular formula is C26H29F5N4O4S. The van der Waals surface area contributed by atoms with Crippen LogP contribution in [0.25, 0.3) is 11.0 Å². The number of carbonyl (C=O) groups excluding carboxylic acids is 1. The Bertz CT molecular complexity index is 1320. The summed E-state index contributed by atoms with van der Waals surface area (Å²) in [5.41, 5.74) is -1.42. The number of hydrogen-bond acceptors (Lipinski definition) is 6. The number of thioether (sulfide) groups is 1. The van der Waals surface area contributed by atoms with Gasteiger partial charge in [-0.2, -0.15) is 24.9 Å². The number of halogens is 5. The third-order valence-corrected chi connectivity index (χ3v) is 7.60. The van der Waals surface area contributed by atoms with Gasteiger partial charge in [0.05, 0.1) is 30.2 Å². The van der Waals surface area contributed by atoms with Crippen LogP contribution in [-0.4, -0.2) is 53.0 Å². The Morgan fingerprint density at radius 3 is 2.60 bits per heavy atom. The van der Waals surface area contributed by atoms with Crippen LogP contribution >= 0.6 is 11.8 Å². The molecule has 40 heavy (non-hydrogen) atoms. The van der Waals surface area contributed by atoms with Crippen LogP contribution in [0, 0.1) is 17.6 Å². The monoisotopic (exact) mass is 588 g/mol. The van der Waals surface area contributed by atoms with E-state index in [1.54, 1.807) is 11.8 Å². The van der Waals surface area contributed by atoms with Crippen LogP contribution in [0.15, 0.2) is 30.6 Å². The van der Waals surface area contributed by atoms with Crippen molar-refractivity contribution < 1.29 is 41.0 Å². The third-order valence-electron chi connectivity index (χ3n) is 6.32. The first kappa shape index (κ1) is 29.9. The first-order chi connectivity index (χ1) is 19.0. The molecule has 1 aliphatic rings. The molecule has 0 spiro atoms. The number of ether oxygens (including phenoxy) is 3. The smallest absolute Gasteiger partial charge is 0.418 e. The summed E-state index contributed by atoms with van der Waals surface area (Å²) in [5, 5.41) is 4.61. The standard InChI is InChI=1S/C26H29F5N4O4S/c1-14(2)21(40-3)12-38-13-35-10-17(26(29,30)31)22-20(4-6-32-24(22)35)39-23-18(27)8-16(9-19(23)28)34-25(36)33-15-5-7-37-11-15/h4,6,8-10,14-15,21H,5,7,11-13H2,1-3H3,(H2,33,34,36)/t15-,21-/m1/s1. The fourth-order valence-electron chi connectivity index (χ4n) is 4.22. The van der Waals surface area contributed by atoms with Gasteiger partial charge in [0, 0.05) is 42.1 Å². The number of fused-ring (bicyclic) bond motifs is 1. The molecule has 1 aromatic carbocycles. The predicted octanol–water partition coefficient (Wildman–Crippen LogP) is 6.40. The Labute approximate surface area is 231 Å². The average Bonchev–Trinajstić information content (AvgIpc) is 3.52. The van der Waals surface area contributed by atoms with Crippen LogP contribution in [0.4, 0.5) is 32.4 Å². The van der Waals surface area contributed by atoms with E-state index in [0.717, 1.165) is 24.4 Å². The zero-order valence-electron chi connectivity index (χ0n) is 22.0. The van der Waals surface area contributed by atoms with Crippen LogP contribution in [0.5, 0.6) is 11.5 Å². The number of aromatic nitrogens is 2. The first-order valence-electron chi connectivity index (χ1n) is 12.5. The van der Waals surface area contributed by atoms with E-state index in [4.69, 9.17) is 14.2 Å². The minimum atomic E-state index is -4.81. The molecule has 1 aliphatic heterocycles. The van der Waals surface area contributed by atoms with Gasteiger partial charge >= 0.3 is 12.2 Å². The molecule has 0 bridgehead atoms. The van der Waals surface area contributed by atoms with Crippen molar-refractivity contribution in [2.24, 2.45) is 5.92 Å². The van der Waals surface area contributed by atoms with Crippen molar-refractivity contribution in [2.75, 3.05) is 31.4 Å². The summed E-state index contributed by atoms with van der Waals surface area (Å²) in [4.78, 5) is 16.2. The quantitative estimate of drug-likeness (QED) is 0.267. The lowest BCUT2D eigenvalue weighted by Crippen LogP contribution is -2.38. The van der Waals surface area contributed by atoms with Gasteiger partial charge < -0.3 is 29.4 Å². The molecule has 2 amide bonds. The maximum Gasteiger partial charge on any atom is 0.418 e. The molecule has 0 radical (unpaired) electrons. The molecule has 2 N–H and O–H groups in total. The van der Waals surface area contributed by atoms with Gasteiger partial charge in [-0.3, -0.25) is 0 Å². The average molecular weight is 589 g/mol. The number of hydrogen-bond donors (Lipinski definition) is 2. The van der Waals surface area contributed by atoms with Gasteiger partial charge in [-0.25, -0.2) is 18.6 Å². The van der Waals surface area contributed by atoms with Crippen molar-refractivity contribution in [1.82, 2.24) is 14.9 Å². The molecule has 4 rings (SSSR count). The van der Waals surface area contributed by atoms with Crippen LogP contribution in [0.1, 0.15) is 25.8 Å². The number of nitrogens with one attached hydrogen (secondary N) is 2. The second kappa shape index (κ2) is 12.6. The van der Waals surface area contributed by atoms with Gasteiger partial charge in [-0.15, -0.1) is 0 Å². The van der Waals surface area contributed by atoms with Gasteiger partial charge in [0.1, 0.15) is 18.1 Å². The number of benzene rings is 1. The van der Waals surface area contributed by atoms with Crippen LogP contribution in [-0.2, 0) is 22.4 Å². The van der Waals surface area contributed by atoms with E-state index in [0.29, 0.717) is 32.2 Å². The number of carbonyl (C=O) groups is 1. The second-order valence-electron chi connectivity index (χ2n) is 9.57. The van der Waals surface area contributed by atoms with Crippen molar-refractivity contribution in [3.8, 4) is 11.5 Å². The van der Waals surface area contributed by atoms with Crippen molar-refractivity contribution in [2.45, 2.75) is 44.5 Å². The number of nitrogens with zero attached hydrogens (tertiary/aromatic N) is 2. The normalized spacial score (nSPS) is 16.5. The maximum absolute atomic E-state index is 14.9. The highest BCUT2D eigenvalue weighted by Gasteiger charge is 2.37. The predicted molar refractivity (Wildman–Crippen MR) is 141 cm³/mol. The highest BCUT2D eigenvalue weighted by atomic mass is 32.2. The number of anilines is 1. The Balaban J connectivity index is 1.59. The highest BCUT2D eigenvalue weighted by Crippen LogP contribution is 2.42. The van der Waals surface area contributed by atoms with Crippen LogP contribution in [0.2, 0.25) is 0 Å². The van der Waals surface area contributed by atoms with Crippen LogP contribution < -0.4 is 15.4 Å². The van der Waals surface area contributed by atoms with Gasteiger partial charge in [0.25, 0.3) is 0 Å². The van der Waals surface area contributed by atoms with Gasteiger partial charge in [-0.05, 0) is 24.7 Å². The topological polar surface area (TPSA) is 86.6 Å². The largest absolute Gasteiger partial charge is 0.450 e. The van der Waals surface area contributed by atoms with Crippen molar-refractivity contribution in [3.05, 3.63) is 47.8 Å². The lowest BCUT2D eigenvalue weighted by Gasteiger charge is -2.18. The molecule has 0 aliphatic carbocycles. The Morgan fingerprint density at radius 1 is 1.27 bits per heavy atom. The van der Waals surface area contributed by atoms with E-state index in [2.05, 4.69) is 15.6 Å². The fourth-order valence-corrected chi connectivity index (χ4v) is 5.00. The van der Waals surface area contributed by atoms with Gasteiger partial charge in [0.2, 0.25) is 0 Å². The molecule has 1 saturated heterocycles. The van der Waals surface area contributed by atoms with E-state index in [1.165, 1.54) is 10.8 Å². The lowest BCUT2D eigenvalue weighted by atomic mass is 10.1. The fraction of sp³-hybridized carbons (Fsp3) is 0.462. The SMILES string of the molecule is CS[C@H](COCn1cc(C(F)(F)F)c2c(Oc3c(F)cc(NC(=O)N[C@@H]4CCOC4)cc3F)ccnc21)C(C)C. The molecule has 2 aromatic heterocycles. The number of rotatable bonds is 10. The molecule has 8 nitrogen and oxygen atoms in total. The number of amides is 2. The summed E-state index contributed by atoms with van der Waals surface area (Å²) in [6.07, 6.45) is -0.272. The lowest BCUT2D eigenvalue weighted by molar-refractivity contribution is -0.136. The molecule has 3 heterocycles. The van der Waals surface area contributed by atoms with Gasteiger partial charge in [-0.1, -0.05) is 13.8 Å². The number of pyridine rings is 1. The first-order valence-corrected chi connectivity index (χ1v) is 13.7. The van der Waals surface area contributed by atoms with Crippen LogP contribution in [0.3, 0.4) is 0 Å². The summed E-state index contributed by atoms with van der Waals surface area (Å²) in [6.45, 7) is 4.94. The zero-order chi connectivity index (χ0) is 29.0. The summed E-state index contributed by atoms with van der Waals surface area (Å²) in [6, 6.07) is 1.79. The number of urea groups is 1. The van der Waals surface area contributed by atoms with E-state index in [-0.39, 0.29) is 29.4 Å². The highest BCUT2D eigenvalue weighted by molar-refractivity contribution is 7.99. The van der Waals surface area contributed by atoms with Crippen molar-refractivity contribution >= 4 is 34.5 Å². The maximum atomic E-state index is 14.9. The third kappa shape index (κ3) is 6.96. The molecule has 218 valence electrons. The molecular weight excluding hydrogens is 559 g/mol. The van der Waals surface area contributed by atoms with Gasteiger partial charge in [0.15, 0.2) is 17.4 Å². The summed E-state index contributed by atoms with van der Waals surface area (Å²) in [7, 11) is 0. The van der Waals surface area contributed by atoms with E-state index >= 15 is 0 Å². The molecule has 1 fully saturated rings. The Kier molecular flexibility index (Phi) is 9.41. The zero-order valence-corrected chi connectivity index (χ0v) is 22.8. The van der Waals surface area contributed by atoms with E-state index in [1.807, 2.05) is 20.1 Å².